The maximum absolute atomic E-state index is 12.9. The molecule has 0 aliphatic carbocycles. The first kappa shape index (κ1) is 26.5. The Balaban J connectivity index is 1.37. The Kier molecular flexibility index (Phi) is 7.31. The van der Waals surface area contributed by atoms with Gasteiger partial charge in [0.1, 0.15) is 5.82 Å². The molecule has 6 rings (SSSR count). The molecule has 208 valence electrons. The Morgan fingerprint density at radius 1 is 0.975 bits per heavy atom. The number of H-pyrrole nitrogens is 1. The van der Waals surface area contributed by atoms with Gasteiger partial charge >= 0.3 is 0 Å². The van der Waals surface area contributed by atoms with Gasteiger partial charge in [0.2, 0.25) is 0 Å². The summed E-state index contributed by atoms with van der Waals surface area (Å²) in [5, 5.41) is 4.49. The smallest absolute Gasteiger partial charge is 0.259 e. The molecule has 2 aromatic carbocycles. The first-order valence-electron chi connectivity index (χ1n) is 13.6. The summed E-state index contributed by atoms with van der Waals surface area (Å²) in [6.07, 6.45) is 5.13. The average Bonchev–Trinajstić information content (AvgIpc) is 3.47. The summed E-state index contributed by atoms with van der Waals surface area (Å²) < 4.78 is 31.1. The predicted octanol–water partition coefficient (Wildman–Crippen LogP) is 4.17. The first-order chi connectivity index (χ1) is 19.3. The number of hydrogen-bond acceptors (Lipinski definition) is 8. The van der Waals surface area contributed by atoms with E-state index in [-0.39, 0.29) is 5.56 Å². The number of hydrogen-bond donors (Lipinski definition) is 2. The SMILES string of the molecule is CS(=O)(=O)c1cc(-c2cc3cc[nH]c(=O)c3c(Nc3ccc(N4CCOCC4)cc3)n2)ccc1CN1CCCC1. The van der Waals surface area contributed by atoms with Crippen LogP contribution in [0.15, 0.2) is 70.5 Å². The van der Waals surface area contributed by atoms with E-state index in [1.54, 1.807) is 12.3 Å². The molecule has 0 saturated carbocycles. The highest BCUT2D eigenvalue weighted by molar-refractivity contribution is 7.90. The molecule has 10 heteroatoms. The van der Waals surface area contributed by atoms with Crippen molar-refractivity contribution in [2.24, 2.45) is 0 Å². The van der Waals surface area contributed by atoms with Crippen LogP contribution in [0, 0.1) is 0 Å². The van der Waals surface area contributed by atoms with Crippen molar-refractivity contribution in [2.45, 2.75) is 24.3 Å². The fraction of sp³-hybridized carbons (Fsp3) is 0.333. The van der Waals surface area contributed by atoms with Crippen LogP contribution < -0.4 is 15.8 Å². The highest BCUT2D eigenvalue weighted by Gasteiger charge is 2.20. The minimum Gasteiger partial charge on any atom is -0.378 e. The maximum Gasteiger partial charge on any atom is 0.259 e. The Morgan fingerprint density at radius 3 is 2.45 bits per heavy atom. The Bertz CT molecular complexity index is 1690. The Labute approximate surface area is 233 Å². The van der Waals surface area contributed by atoms with Crippen LogP contribution >= 0.6 is 0 Å². The Hall–Kier alpha value is -3.73. The highest BCUT2D eigenvalue weighted by atomic mass is 32.2. The van der Waals surface area contributed by atoms with Crippen molar-refractivity contribution < 1.29 is 13.2 Å². The molecule has 2 aliphatic rings. The molecule has 0 radical (unpaired) electrons. The second-order valence-corrected chi connectivity index (χ2v) is 12.5. The zero-order valence-corrected chi connectivity index (χ0v) is 23.3. The third-order valence-electron chi connectivity index (χ3n) is 7.62. The summed E-state index contributed by atoms with van der Waals surface area (Å²) >= 11 is 0. The number of ether oxygens (including phenoxy) is 1. The molecular formula is C30H33N5O4S. The largest absolute Gasteiger partial charge is 0.378 e. The van der Waals surface area contributed by atoms with Gasteiger partial charge in [-0.25, -0.2) is 13.4 Å². The van der Waals surface area contributed by atoms with Gasteiger partial charge < -0.3 is 19.9 Å². The number of morpholine rings is 1. The van der Waals surface area contributed by atoms with Gasteiger partial charge in [0.15, 0.2) is 9.84 Å². The van der Waals surface area contributed by atoms with Crippen LogP contribution in [0.1, 0.15) is 18.4 Å². The van der Waals surface area contributed by atoms with Gasteiger partial charge in [-0.15, -0.1) is 0 Å². The molecule has 2 saturated heterocycles. The molecule has 0 unspecified atom stereocenters. The summed E-state index contributed by atoms with van der Waals surface area (Å²) in [6.45, 7) is 5.70. The van der Waals surface area contributed by atoms with Crippen molar-refractivity contribution in [1.29, 1.82) is 0 Å². The standard InChI is InChI=1S/C30H33N5O4S/c1-40(37,38)27-19-21(4-5-23(27)20-34-12-2-3-13-34)26-18-22-10-11-31-30(36)28(22)29(33-26)32-24-6-8-25(9-7-24)35-14-16-39-17-15-35/h4-11,18-19H,2-3,12-17,20H2,1H3,(H,31,36)(H,32,33). The topological polar surface area (TPSA) is 108 Å². The van der Waals surface area contributed by atoms with E-state index in [0.29, 0.717) is 52.5 Å². The lowest BCUT2D eigenvalue weighted by Crippen LogP contribution is -2.36. The summed E-state index contributed by atoms with van der Waals surface area (Å²) in [7, 11) is -3.46. The number of benzene rings is 2. The van der Waals surface area contributed by atoms with Gasteiger partial charge in [-0.3, -0.25) is 9.69 Å². The molecule has 0 atom stereocenters. The molecule has 0 spiro atoms. The van der Waals surface area contributed by atoms with Crippen molar-refractivity contribution in [2.75, 3.05) is 55.9 Å². The minimum absolute atomic E-state index is 0.248. The lowest BCUT2D eigenvalue weighted by Gasteiger charge is -2.28. The number of nitrogens with zero attached hydrogens (tertiary/aromatic N) is 3. The van der Waals surface area contributed by atoms with Gasteiger partial charge in [0.25, 0.3) is 5.56 Å². The maximum atomic E-state index is 12.9. The van der Waals surface area contributed by atoms with Crippen molar-refractivity contribution in [1.82, 2.24) is 14.9 Å². The van der Waals surface area contributed by atoms with E-state index in [4.69, 9.17) is 9.72 Å². The summed E-state index contributed by atoms with van der Waals surface area (Å²) in [5.41, 5.74) is 3.72. The van der Waals surface area contributed by atoms with Gasteiger partial charge in [-0.1, -0.05) is 12.1 Å². The van der Waals surface area contributed by atoms with Gasteiger partial charge in [0, 0.05) is 49.0 Å². The number of rotatable bonds is 7. The molecule has 0 amide bonds. The molecule has 4 aromatic rings. The van der Waals surface area contributed by atoms with Crippen molar-refractivity contribution in [3.05, 3.63) is 76.7 Å². The van der Waals surface area contributed by atoms with Crippen LogP contribution in [0.4, 0.5) is 17.2 Å². The third kappa shape index (κ3) is 5.60. The predicted molar refractivity (Wildman–Crippen MR) is 158 cm³/mol. The van der Waals surface area contributed by atoms with Crippen LogP contribution in [0.3, 0.4) is 0 Å². The Morgan fingerprint density at radius 2 is 1.73 bits per heavy atom. The van der Waals surface area contributed by atoms with E-state index >= 15 is 0 Å². The summed E-state index contributed by atoms with van der Waals surface area (Å²) in [5.74, 6) is 0.413. The summed E-state index contributed by atoms with van der Waals surface area (Å²) in [4.78, 5) is 25.3. The zero-order valence-electron chi connectivity index (χ0n) is 22.5. The molecule has 40 heavy (non-hydrogen) atoms. The van der Waals surface area contributed by atoms with Gasteiger partial charge in [-0.05, 0) is 79.3 Å². The zero-order chi connectivity index (χ0) is 27.7. The van der Waals surface area contributed by atoms with E-state index in [2.05, 4.69) is 20.1 Å². The van der Waals surface area contributed by atoms with Crippen molar-refractivity contribution in [3.63, 3.8) is 0 Å². The van der Waals surface area contributed by atoms with Crippen LogP contribution in [-0.4, -0.2) is 68.9 Å². The minimum atomic E-state index is -3.46. The number of sulfone groups is 1. The second-order valence-electron chi connectivity index (χ2n) is 10.5. The van der Waals surface area contributed by atoms with Crippen molar-refractivity contribution in [3.8, 4) is 11.3 Å². The summed E-state index contributed by atoms with van der Waals surface area (Å²) in [6, 6.07) is 17.2. The molecular weight excluding hydrogens is 526 g/mol. The molecule has 2 aliphatic heterocycles. The number of pyridine rings is 2. The number of aromatic amines is 1. The van der Waals surface area contributed by atoms with Gasteiger partial charge in [-0.2, -0.15) is 0 Å². The van der Waals surface area contributed by atoms with E-state index in [1.165, 1.54) is 6.26 Å². The molecule has 2 N–H and O–H groups in total. The third-order valence-corrected chi connectivity index (χ3v) is 8.79. The van der Waals surface area contributed by atoms with E-state index in [1.807, 2.05) is 48.5 Å². The number of aromatic nitrogens is 2. The van der Waals surface area contributed by atoms with Crippen LogP contribution in [0.25, 0.3) is 22.0 Å². The fourth-order valence-electron chi connectivity index (χ4n) is 5.54. The second kappa shape index (κ2) is 11.0. The molecule has 2 fully saturated rings. The monoisotopic (exact) mass is 559 g/mol. The van der Waals surface area contributed by atoms with Crippen molar-refractivity contribution >= 4 is 37.8 Å². The van der Waals surface area contributed by atoms with E-state index in [0.717, 1.165) is 56.0 Å². The van der Waals surface area contributed by atoms with E-state index < -0.39 is 9.84 Å². The lowest BCUT2D eigenvalue weighted by atomic mass is 10.1. The quantitative estimate of drug-likeness (QED) is 0.348. The molecule has 9 nitrogen and oxygen atoms in total. The first-order valence-corrected chi connectivity index (χ1v) is 15.5. The van der Waals surface area contributed by atoms with Crippen LogP contribution in [0.2, 0.25) is 0 Å². The number of likely N-dealkylation sites (tertiary alicyclic amines) is 1. The van der Waals surface area contributed by atoms with Gasteiger partial charge in [0.05, 0.1) is 29.2 Å². The highest BCUT2D eigenvalue weighted by Crippen LogP contribution is 2.31. The van der Waals surface area contributed by atoms with E-state index in [9.17, 15) is 13.2 Å². The molecule has 4 heterocycles. The lowest BCUT2D eigenvalue weighted by molar-refractivity contribution is 0.122. The normalized spacial score (nSPS) is 16.5. The number of nitrogens with one attached hydrogen (secondary N) is 2. The number of fused-ring (bicyclic) bond motifs is 1. The average molecular weight is 560 g/mol. The van der Waals surface area contributed by atoms with Crippen LogP contribution in [-0.2, 0) is 21.1 Å². The fourth-order valence-corrected chi connectivity index (χ4v) is 6.49. The molecule has 0 bridgehead atoms. The van der Waals surface area contributed by atoms with Crippen LogP contribution in [0.5, 0.6) is 0 Å². The molecule has 2 aromatic heterocycles. The number of anilines is 3.